The lowest BCUT2D eigenvalue weighted by Gasteiger charge is -2.20. The van der Waals surface area contributed by atoms with Gasteiger partial charge in [-0.1, -0.05) is 66.7 Å². The van der Waals surface area contributed by atoms with Crippen molar-refractivity contribution >= 4 is 11.5 Å². The smallest absolute Gasteiger partial charge is 0.281 e. The molecule has 0 saturated carbocycles. The summed E-state index contributed by atoms with van der Waals surface area (Å²) < 4.78 is 0. The first-order valence-electron chi connectivity index (χ1n) is 8.28. The molecule has 0 saturated heterocycles. The molecule has 0 radical (unpaired) electrons. The Balaban J connectivity index is 1.97. The monoisotopic (exact) mass is 361 g/mol. The van der Waals surface area contributed by atoms with Gasteiger partial charge in [0.15, 0.2) is 5.84 Å². The Bertz CT molecular complexity index is 959. The topological polar surface area (TPSA) is 111 Å². The molecule has 136 valence electrons. The highest BCUT2D eigenvalue weighted by Gasteiger charge is 2.23. The zero-order chi connectivity index (χ0) is 19.2. The van der Waals surface area contributed by atoms with Crippen LogP contribution in [0.5, 0.6) is 0 Å². The predicted octanol–water partition coefficient (Wildman–Crippen LogP) is 3.26. The van der Waals surface area contributed by atoms with E-state index in [4.69, 9.17) is 11.7 Å². The summed E-state index contributed by atoms with van der Waals surface area (Å²) >= 11 is 0. The molecule has 0 aliphatic carbocycles. The number of hydrogen-bond acceptors (Lipinski definition) is 5. The number of rotatable bonds is 5. The Kier molecular flexibility index (Phi) is 5.44. The number of hydrogen-bond donors (Lipinski definition) is 2. The molecule has 4 N–H and O–H groups in total. The number of benzene rings is 3. The molecule has 0 atom stereocenters. The SMILES string of the molecule is N/N=C(/c1ccc(-c2ccccc2)cc1[N+](=O)[O-])N(N)Cc1ccccc1. The lowest BCUT2D eigenvalue weighted by atomic mass is 10.0. The van der Waals surface area contributed by atoms with Crippen LogP contribution in [0.1, 0.15) is 11.1 Å². The Labute approximate surface area is 156 Å². The molecule has 0 aliphatic heterocycles. The van der Waals surface area contributed by atoms with Gasteiger partial charge in [-0.3, -0.25) is 15.1 Å². The molecule has 0 spiro atoms. The third-order valence-corrected chi connectivity index (χ3v) is 4.13. The van der Waals surface area contributed by atoms with Crippen molar-refractivity contribution in [2.45, 2.75) is 6.54 Å². The van der Waals surface area contributed by atoms with Gasteiger partial charge in [-0.05, 0) is 22.8 Å². The van der Waals surface area contributed by atoms with E-state index in [1.165, 1.54) is 11.1 Å². The molecule has 0 heterocycles. The molecule has 3 aromatic carbocycles. The molecular weight excluding hydrogens is 342 g/mol. The average molecular weight is 361 g/mol. The van der Waals surface area contributed by atoms with Gasteiger partial charge in [-0.15, -0.1) is 0 Å². The highest BCUT2D eigenvalue weighted by atomic mass is 16.6. The molecule has 0 unspecified atom stereocenters. The van der Waals surface area contributed by atoms with Gasteiger partial charge in [0.1, 0.15) is 0 Å². The molecule has 7 heteroatoms. The van der Waals surface area contributed by atoms with Crippen molar-refractivity contribution in [3.63, 3.8) is 0 Å². The van der Waals surface area contributed by atoms with E-state index in [0.717, 1.165) is 16.7 Å². The van der Waals surface area contributed by atoms with Crippen molar-refractivity contribution in [3.8, 4) is 11.1 Å². The summed E-state index contributed by atoms with van der Waals surface area (Å²) in [7, 11) is 0. The normalized spacial score (nSPS) is 11.2. The third kappa shape index (κ3) is 4.10. The average Bonchev–Trinajstić information content (AvgIpc) is 2.70. The summed E-state index contributed by atoms with van der Waals surface area (Å²) in [6, 6.07) is 23.8. The predicted molar refractivity (Wildman–Crippen MR) is 105 cm³/mol. The lowest BCUT2D eigenvalue weighted by Crippen LogP contribution is -2.38. The van der Waals surface area contributed by atoms with Crippen LogP contribution in [0.25, 0.3) is 11.1 Å². The zero-order valence-corrected chi connectivity index (χ0v) is 14.5. The first kappa shape index (κ1) is 18.1. The quantitative estimate of drug-likeness (QED) is 0.238. The van der Waals surface area contributed by atoms with E-state index in [2.05, 4.69) is 5.10 Å². The molecule has 0 fully saturated rings. The standard InChI is InChI=1S/C20H19N5O2/c21-23-20(24(22)14-15-7-3-1-4-8-15)18-12-11-17(13-19(18)25(26)27)16-9-5-2-6-10-16/h1-13H,14,21-22H2/b23-20-. The van der Waals surface area contributed by atoms with E-state index in [9.17, 15) is 10.1 Å². The number of nitrogens with two attached hydrogens (primary N) is 2. The maximum absolute atomic E-state index is 11.7. The van der Waals surface area contributed by atoms with Gasteiger partial charge >= 0.3 is 0 Å². The van der Waals surface area contributed by atoms with Crippen molar-refractivity contribution < 1.29 is 4.92 Å². The van der Waals surface area contributed by atoms with Gasteiger partial charge in [0.25, 0.3) is 5.69 Å². The number of nitro benzene ring substituents is 1. The number of hydrazine groups is 1. The van der Waals surface area contributed by atoms with Crippen LogP contribution < -0.4 is 11.7 Å². The van der Waals surface area contributed by atoms with Crippen LogP contribution in [0.3, 0.4) is 0 Å². The highest BCUT2D eigenvalue weighted by molar-refractivity contribution is 6.02. The largest absolute Gasteiger partial charge is 0.321 e. The highest BCUT2D eigenvalue weighted by Crippen LogP contribution is 2.28. The molecule has 0 aliphatic rings. The minimum atomic E-state index is -0.455. The third-order valence-electron chi connectivity index (χ3n) is 4.13. The first-order chi connectivity index (χ1) is 13.1. The molecular formula is C20H19N5O2. The lowest BCUT2D eigenvalue weighted by molar-refractivity contribution is -0.385. The van der Waals surface area contributed by atoms with Crippen molar-refractivity contribution in [1.29, 1.82) is 0 Å². The second-order valence-corrected chi connectivity index (χ2v) is 5.92. The van der Waals surface area contributed by atoms with Crippen molar-refractivity contribution in [2.24, 2.45) is 16.8 Å². The molecule has 3 aromatic rings. The fourth-order valence-corrected chi connectivity index (χ4v) is 2.84. The van der Waals surface area contributed by atoms with Gasteiger partial charge in [-0.25, -0.2) is 5.84 Å². The molecule has 0 amide bonds. The van der Waals surface area contributed by atoms with Crippen LogP contribution in [0.15, 0.2) is 84.0 Å². The maximum Gasteiger partial charge on any atom is 0.281 e. The fourth-order valence-electron chi connectivity index (χ4n) is 2.84. The van der Waals surface area contributed by atoms with Crippen LogP contribution in [-0.4, -0.2) is 15.8 Å². The molecule has 7 nitrogen and oxygen atoms in total. The minimum absolute atomic E-state index is 0.107. The minimum Gasteiger partial charge on any atom is -0.321 e. The van der Waals surface area contributed by atoms with E-state index in [1.807, 2.05) is 60.7 Å². The van der Waals surface area contributed by atoms with Crippen molar-refractivity contribution in [3.05, 3.63) is 100 Å². The summed E-state index contributed by atoms with van der Waals surface area (Å²) in [5.74, 6) is 11.8. The number of amidine groups is 1. The summed E-state index contributed by atoms with van der Waals surface area (Å²) in [6.45, 7) is 0.314. The van der Waals surface area contributed by atoms with Crippen molar-refractivity contribution in [2.75, 3.05) is 0 Å². The summed E-state index contributed by atoms with van der Waals surface area (Å²) in [5.41, 5.74) is 2.70. The van der Waals surface area contributed by atoms with Gasteiger partial charge in [-0.2, -0.15) is 5.10 Å². The number of hydrazone groups is 1. The fraction of sp³-hybridized carbons (Fsp3) is 0.0500. The van der Waals surface area contributed by atoms with E-state index in [-0.39, 0.29) is 17.1 Å². The Morgan fingerprint density at radius 3 is 2.19 bits per heavy atom. The maximum atomic E-state index is 11.7. The van der Waals surface area contributed by atoms with E-state index in [0.29, 0.717) is 6.54 Å². The van der Waals surface area contributed by atoms with Crippen LogP contribution >= 0.6 is 0 Å². The summed E-state index contributed by atoms with van der Waals surface area (Å²) in [6.07, 6.45) is 0. The van der Waals surface area contributed by atoms with Crippen LogP contribution in [-0.2, 0) is 6.54 Å². The first-order valence-corrected chi connectivity index (χ1v) is 8.28. The van der Waals surface area contributed by atoms with Gasteiger partial charge in [0, 0.05) is 6.07 Å². The number of nitro groups is 1. The van der Waals surface area contributed by atoms with E-state index in [1.54, 1.807) is 12.1 Å². The molecule has 0 bridgehead atoms. The van der Waals surface area contributed by atoms with Gasteiger partial charge in [0.2, 0.25) is 0 Å². The second-order valence-electron chi connectivity index (χ2n) is 5.92. The van der Waals surface area contributed by atoms with Crippen LogP contribution in [0.4, 0.5) is 5.69 Å². The Hall–Kier alpha value is -3.71. The van der Waals surface area contributed by atoms with Crippen LogP contribution in [0.2, 0.25) is 0 Å². The van der Waals surface area contributed by atoms with Gasteiger partial charge in [0.05, 0.1) is 17.0 Å². The number of nitrogens with zero attached hydrogens (tertiary/aromatic N) is 3. The second kappa shape index (κ2) is 8.11. The Morgan fingerprint density at radius 2 is 1.59 bits per heavy atom. The Morgan fingerprint density at radius 1 is 0.963 bits per heavy atom. The molecule has 27 heavy (non-hydrogen) atoms. The van der Waals surface area contributed by atoms with Gasteiger partial charge < -0.3 is 5.84 Å². The summed E-state index contributed by atoms with van der Waals surface area (Å²) in [5, 5.41) is 16.7. The van der Waals surface area contributed by atoms with Crippen LogP contribution in [0, 0.1) is 10.1 Å². The van der Waals surface area contributed by atoms with E-state index >= 15 is 0 Å². The zero-order valence-electron chi connectivity index (χ0n) is 14.5. The molecule has 3 rings (SSSR count). The van der Waals surface area contributed by atoms with E-state index < -0.39 is 4.92 Å². The summed E-state index contributed by atoms with van der Waals surface area (Å²) in [4.78, 5) is 11.2. The van der Waals surface area contributed by atoms with Crippen molar-refractivity contribution in [1.82, 2.24) is 5.01 Å². The molecule has 0 aromatic heterocycles.